The monoisotopic (exact) mass is 433 g/mol. The molecule has 1 atom stereocenters. The lowest BCUT2D eigenvalue weighted by molar-refractivity contribution is -0.127. The molecule has 0 saturated carbocycles. The van der Waals surface area contributed by atoms with Crippen LogP contribution < -0.4 is 9.47 Å². The van der Waals surface area contributed by atoms with Gasteiger partial charge in [-0.05, 0) is 54.7 Å². The molecule has 1 amide bonds. The molecular weight excluding hydrogens is 402 g/mol. The first-order chi connectivity index (χ1) is 15.5. The van der Waals surface area contributed by atoms with Gasteiger partial charge in [-0.15, -0.1) is 0 Å². The fourth-order valence-corrected chi connectivity index (χ4v) is 4.00. The SMILES string of the molecule is COc1cc(/C=C/C(=O)N2CCCC(c3nc4ccccc4[nH]3)C2)ccc1OCC(C)C. The molecule has 1 aliphatic heterocycles. The maximum atomic E-state index is 12.9. The average molecular weight is 434 g/mol. The van der Waals surface area contributed by atoms with Crippen molar-refractivity contribution in [1.29, 1.82) is 0 Å². The molecule has 0 spiro atoms. The number of nitrogens with zero attached hydrogens (tertiary/aromatic N) is 2. The molecule has 4 rings (SSSR count). The second-order valence-corrected chi connectivity index (χ2v) is 8.71. The van der Waals surface area contributed by atoms with Crippen LogP contribution in [0.5, 0.6) is 11.5 Å². The highest BCUT2D eigenvalue weighted by Gasteiger charge is 2.25. The summed E-state index contributed by atoms with van der Waals surface area (Å²) in [6, 6.07) is 13.8. The van der Waals surface area contributed by atoms with Gasteiger partial charge in [-0.3, -0.25) is 4.79 Å². The van der Waals surface area contributed by atoms with E-state index < -0.39 is 0 Å². The van der Waals surface area contributed by atoms with Crippen molar-refractivity contribution < 1.29 is 14.3 Å². The first-order valence-corrected chi connectivity index (χ1v) is 11.3. The Morgan fingerprint density at radius 3 is 2.88 bits per heavy atom. The number of piperidine rings is 1. The highest BCUT2D eigenvalue weighted by molar-refractivity contribution is 5.92. The number of aromatic nitrogens is 2. The van der Waals surface area contributed by atoms with Gasteiger partial charge in [0.25, 0.3) is 0 Å². The number of carbonyl (C=O) groups excluding carboxylic acids is 1. The summed E-state index contributed by atoms with van der Waals surface area (Å²) in [4.78, 5) is 22.9. The van der Waals surface area contributed by atoms with Gasteiger partial charge in [-0.1, -0.05) is 32.0 Å². The topological polar surface area (TPSA) is 67.5 Å². The normalized spacial score (nSPS) is 16.8. The number of ether oxygens (including phenoxy) is 2. The van der Waals surface area contributed by atoms with Crippen molar-refractivity contribution in [3.05, 3.63) is 59.9 Å². The lowest BCUT2D eigenvalue weighted by Gasteiger charge is -2.31. The van der Waals surface area contributed by atoms with Gasteiger partial charge in [0.1, 0.15) is 5.82 Å². The van der Waals surface area contributed by atoms with Crippen molar-refractivity contribution in [1.82, 2.24) is 14.9 Å². The van der Waals surface area contributed by atoms with E-state index in [1.54, 1.807) is 13.2 Å². The molecule has 1 aromatic heterocycles. The molecule has 6 heteroatoms. The number of amides is 1. The van der Waals surface area contributed by atoms with Crippen LogP contribution in [0.15, 0.2) is 48.5 Å². The predicted octanol–water partition coefficient (Wildman–Crippen LogP) is 5.03. The van der Waals surface area contributed by atoms with Crippen LogP contribution >= 0.6 is 0 Å². The quantitative estimate of drug-likeness (QED) is 0.531. The highest BCUT2D eigenvalue weighted by atomic mass is 16.5. The Labute approximate surface area is 189 Å². The lowest BCUT2D eigenvalue weighted by Crippen LogP contribution is -2.38. The molecule has 6 nitrogen and oxygen atoms in total. The van der Waals surface area contributed by atoms with Gasteiger partial charge in [0.15, 0.2) is 11.5 Å². The van der Waals surface area contributed by atoms with Crippen LogP contribution in [-0.4, -0.2) is 47.6 Å². The van der Waals surface area contributed by atoms with Crippen LogP contribution in [-0.2, 0) is 4.79 Å². The number of methoxy groups -OCH3 is 1. The van der Waals surface area contributed by atoms with Gasteiger partial charge in [0, 0.05) is 25.1 Å². The zero-order chi connectivity index (χ0) is 22.5. The van der Waals surface area contributed by atoms with Crippen LogP contribution in [0.4, 0.5) is 0 Å². The molecule has 1 fully saturated rings. The van der Waals surface area contributed by atoms with Crippen molar-refractivity contribution in [3.8, 4) is 11.5 Å². The molecule has 0 radical (unpaired) electrons. The van der Waals surface area contributed by atoms with E-state index in [4.69, 9.17) is 14.5 Å². The number of hydrogen-bond acceptors (Lipinski definition) is 4. The fraction of sp³-hybridized carbons (Fsp3) is 0.385. The molecule has 2 heterocycles. The fourth-order valence-electron chi connectivity index (χ4n) is 4.00. The van der Waals surface area contributed by atoms with E-state index in [1.165, 1.54) is 0 Å². The average Bonchev–Trinajstić information content (AvgIpc) is 3.26. The molecule has 0 bridgehead atoms. The third-order valence-corrected chi connectivity index (χ3v) is 5.71. The number of fused-ring (bicyclic) bond motifs is 1. The van der Waals surface area contributed by atoms with Crippen molar-refractivity contribution in [2.75, 3.05) is 26.8 Å². The third kappa shape index (κ3) is 5.13. The Balaban J connectivity index is 1.41. The number of likely N-dealkylation sites (tertiary alicyclic amines) is 1. The van der Waals surface area contributed by atoms with Crippen LogP contribution in [0, 0.1) is 5.92 Å². The van der Waals surface area contributed by atoms with Crippen LogP contribution in [0.1, 0.15) is 44.0 Å². The smallest absolute Gasteiger partial charge is 0.246 e. The third-order valence-electron chi connectivity index (χ3n) is 5.71. The molecule has 1 unspecified atom stereocenters. The standard InChI is InChI=1S/C26H31N3O3/c1-18(2)17-32-23-12-10-19(15-24(23)31-3)11-13-25(30)29-14-6-7-20(16-29)26-27-21-8-4-5-9-22(21)28-26/h4-5,8-13,15,18,20H,6-7,14,16-17H2,1-3H3,(H,27,28)/b13-11+. The van der Waals surface area contributed by atoms with Gasteiger partial charge in [-0.2, -0.15) is 0 Å². The number of benzene rings is 2. The summed E-state index contributed by atoms with van der Waals surface area (Å²) in [7, 11) is 1.63. The zero-order valence-corrected chi connectivity index (χ0v) is 19.0. The van der Waals surface area contributed by atoms with E-state index in [-0.39, 0.29) is 11.8 Å². The van der Waals surface area contributed by atoms with Gasteiger partial charge in [0.2, 0.25) is 5.91 Å². The van der Waals surface area contributed by atoms with Crippen molar-refractivity contribution >= 4 is 23.0 Å². The van der Waals surface area contributed by atoms with Gasteiger partial charge < -0.3 is 19.4 Å². The molecule has 1 N–H and O–H groups in total. The lowest BCUT2D eigenvalue weighted by atomic mass is 9.97. The summed E-state index contributed by atoms with van der Waals surface area (Å²) in [5.74, 6) is 3.03. The number of H-pyrrole nitrogens is 1. The molecule has 2 aromatic carbocycles. The molecular formula is C26H31N3O3. The van der Waals surface area contributed by atoms with E-state index in [9.17, 15) is 4.79 Å². The van der Waals surface area contributed by atoms with E-state index >= 15 is 0 Å². The first-order valence-electron chi connectivity index (χ1n) is 11.3. The second-order valence-electron chi connectivity index (χ2n) is 8.71. The number of carbonyl (C=O) groups is 1. The molecule has 32 heavy (non-hydrogen) atoms. The Bertz CT molecular complexity index is 1070. The van der Waals surface area contributed by atoms with Gasteiger partial charge >= 0.3 is 0 Å². The minimum atomic E-state index is 0.0184. The summed E-state index contributed by atoms with van der Waals surface area (Å²) in [6.07, 6.45) is 5.48. The maximum Gasteiger partial charge on any atom is 0.246 e. The van der Waals surface area contributed by atoms with Crippen LogP contribution in [0.3, 0.4) is 0 Å². The number of nitrogens with one attached hydrogen (secondary N) is 1. The van der Waals surface area contributed by atoms with Crippen LogP contribution in [0.2, 0.25) is 0 Å². The van der Waals surface area contributed by atoms with E-state index in [0.717, 1.165) is 47.6 Å². The number of para-hydroxylation sites is 2. The van der Waals surface area contributed by atoms with E-state index in [0.29, 0.717) is 24.8 Å². The largest absolute Gasteiger partial charge is 0.493 e. The van der Waals surface area contributed by atoms with Crippen molar-refractivity contribution in [3.63, 3.8) is 0 Å². The molecule has 1 saturated heterocycles. The Morgan fingerprint density at radius 1 is 1.25 bits per heavy atom. The summed E-state index contributed by atoms with van der Waals surface area (Å²) in [5, 5.41) is 0. The summed E-state index contributed by atoms with van der Waals surface area (Å²) in [5.41, 5.74) is 2.92. The number of rotatable bonds is 7. The minimum Gasteiger partial charge on any atom is -0.493 e. The van der Waals surface area contributed by atoms with Crippen molar-refractivity contribution in [2.45, 2.75) is 32.6 Å². The zero-order valence-electron chi connectivity index (χ0n) is 19.0. The summed E-state index contributed by atoms with van der Waals surface area (Å²) < 4.78 is 11.3. The summed E-state index contributed by atoms with van der Waals surface area (Å²) >= 11 is 0. The van der Waals surface area contributed by atoms with E-state index in [2.05, 4.69) is 18.8 Å². The number of hydrogen-bond donors (Lipinski definition) is 1. The van der Waals surface area contributed by atoms with Crippen LogP contribution in [0.25, 0.3) is 17.1 Å². The predicted molar refractivity (Wildman–Crippen MR) is 127 cm³/mol. The number of imidazole rings is 1. The Kier molecular flexibility index (Phi) is 6.78. The molecule has 1 aliphatic rings. The first kappa shape index (κ1) is 21.9. The van der Waals surface area contributed by atoms with Crippen molar-refractivity contribution in [2.24, 2.45) is 5.92 Å². The summed E-state index contributed by atoms with van der Waals surface area (Å²) in [6.45, 7) is 6.29. The molecule has 168 valence electrons. The van der Waals surface area contributed by atoms with Gasteiger partial charge in [0.05, 0.1) is 24.8 Å². The molecule has 0 aliphatic carbocycles. The second kappa shape index (κ2) is 9.90. The number of aromatic amines is 1. The van der Waals surface area contributed by atoms with E-state index in [1.807, 2.05) is 53.4 Å². The molecule has 3 aromatic rings. The Hall–Kier alpha value is -3.28. The Morgan fingerprint density at radius 2 is 2.09 bits per heavy atom. The minimum absolute atomic E-state index is 0.0184. The maximum absolute atomic E-state index is 12.9. The van der Waals surface area contributed by atoms with Gasteiger partial charge in [-0.25, -0.2) is 4.98 Å². The highest BCUT2D eigenvalue weighted by Crippen LogP contribution is 2.30.